The number of hydrogen-bond donors (Lipinski definition) is 0. The molecule has 1 rings (SSSR count). The van der Waals surface area contributed by atoms with Crippen LogP contribution < -0.4 is 0 Å². The van der Waals surface area contributed by atoms with Gasteiger partial charge in [0, 0.05) is 43.5 Å². The number of allylic oxidation sites excluding steroid dienone is 2. The standard InChI is InChI=1S/C11H16BCl2.Y/c1-2-3-4-5-6-8-9(13)7-10(14)11(8)12;/h4-5,8-11H,1-3,6-7H2;/q-1;/b5-4-;. The molecule has 0 aromatic heterocycles. The first-order chi connectivity index (χ1) is 6.66. The van der Waals surface area contributed by atoms with E-state index in [0.717, 1.165) is 25.7 Å². The van der Waals surface area contributed by atoms with Crippen molar-refractivity contribution >= 4 is 31.0 Å². The molecule has 15 heavy (non-hydrogen) atoms. The Kier molecular flexibility index (Phi) is 9.41. The van der Waals surface area contributed by atoms with E-state index in [2.05, 4.69) is 19.1 Å². The third-order valence-electron chi connectivity index (χ3n) is 2.77. The van der Waals surface area contributed by atoms with Gasteiger partial charge in [0.05, 0.1) is 7.85 Å². The molecule has 0 saturated heterocycles. The van der Waals surface area contributed by atoms with Gasteiger partial charge in [-0.2, -0.15) is 6.42 Å². The molecule has 0 amide bonds. The maximum atomic E-state index is 6.17. The molecule has 0 nitrogen and oxygen atoms in total. The van der Waals surface area contributed by atoms with Crippen molar-refractivity contribution in [3.05, 3.63) is 19.1 Å². The van der Waals surface area contributed by atoms with Gasteiger partial charge in [-0.1, -0.05) is 24.4 Å². The normalized spacial score (nSPS) is 35.7. The molecule has 1 fully saturated rings. The molecule has 81 valence electrons. The van der Waals surface area contributed by atoms with Crippen molar-refractivity contribution in [3.63, 3.8) is 0 Å². The largest absolute Gasteiger partial charge is 0.343 e. The van der Waals surface area contributed by atoms with Crippen molar-refractivity contribution in [2.75, 3.05) is 0 Å². The Morgan fingerprint density at radius 2 is 1.93 bits per heavy atom. The van der Waals surface area contributed by atoms with E-state index in [1.165, 1.54) is 0 Å². The Balaban J connectivity index is 0.00000196. The van der Waals surface area contributed by atoms with Crippen LogP contribution in [0.25, 0.3) is 0 Å². The van der Waals surface area contributed by atoms with Crippen molar-refractivity contribution < 1.29 is 32.7 Å². The fourth-order valence-electron chi connectivity index (χ4n) is 1.85. The number of hydrogen-bond acceptors (Lipinski definition) is 0. The van der Waals surface area contributed by atoms with Gasteiger partial charge in [0.2, 0.25) is 0 Å². The second kappa shape index (κ2) is 8.56. The monoisotopic (exact) mass is 318 g/mol. The van der Waals surface area contributed by atoms with Crippen molar-refractivity contribution in [2.45, 2.75) is 42.3 Å². The van der Waals surface area contributed by atoms with Crippen LogP contribution in [0.5, 0.6) is 0 Å². The molecule has 4 atom stereocenters. The van der Waals surface area contributed by atoms with E-state index in [1.54, 1.807) is 0 Å². The average molecular weight is 319 g/mol. The van der Waals surface area contributed by atoms with Crippen molar-refractivity contribution in [2.24, 2.45) is 5.92 Å². The van der Waals surface area contributed by atoms with Crippen LogP contribution in [0, 0.1) is 12.8 Å². The molecular formula is C11H16BCl2Y-. The molecular weight excluding hydrogens is 303 g/mol. The summed E-state index contributed by atoms with van der Waals surface area (Å²) in [5.41, 5.74) is 0. The van der Waals surface area contributed by atoms with Gasteiger partial charge in [-0.15, -0.1) is 23.2 Å². The second-order valence-electron chi connectivity index (χ2n) is 3.86. The van der Waals surface area contributed by atoms with Crippen LogP contribution in [0.2, 0.25) is 5.82 Å². The molecule has 4 unspecified atom stereocenters. The zero-order valence-electron chi connectivity index (χ0n) is 8.91. The molecule has 0 heterocycles. The minimum Gasteiger partial charge on any atom is -0.343 e. The molecule has 3 radical (unpaired) electrons. The summed E-state index contributed by atoms with van der Waals surface area (Å²) in [4.78, 5) is 0. The van der Waals surface area contributed by atoms with Crippen LogP contribution >= 0.6 is 23.2 Å². The molecule has 1 aliphatic carbocycles. The van der Waals surface area contributed by atoms with E-state index in [1.807, 2.05) is 0 Å². The molecule has 1 saturated carbocycles. The fraction of sp³-hybridized carbons (Fsp3) is 0.727. The van der Waals surface area contributed by atoms with Gasteiger partial charge in [0.25, 0.3) is 0 Å². The summed E-state index contributed by atoms with van der Waals surface area (Å²) >= 11 is 12.2. The summed E-state index contributed by atoms with van der Waals surface area (Å²) in [6.07, 6.45) is 8.04. The SMILES string of the molecule is [B]C1C(Cl)CC(Cl)C1C/C=C\CC[CH2-].[Y]. The first kappa shape index (κ1) is 16.5. The Morgan fingerprint density at radius 3 is 2.40 bits per heavy atom. The van der Waals surface area contributed by atoms with Gasteiger partial charge in [-0.25, -0.2) is 0 Å². The predicted molar refractivity (Wildman–Crippen MR) is 65.2 cm³/mol. The molecule has 0 aromatic carbocycles. The van der Waals surface area contributed by atoms with Gasteiger partial charge in [0.1, 0.15) is 0 Å². The summed E-state index contributed by atoms with van der Waals surface area (Å²) in [6.45, 7) is 3.77. The fourth-order valence-corrected chi connectivity index (χ4v) is 2.78. The summed E-state index contributed by atoms with van der Waals surface area (Å²) < 4.78 is 0. The Labute approximate surface area is 130 Å². The number of alkyl halides is 2. The van der Waals surface area contributed by atoms with E-state index in [9.17, 15) is 0 Å². The van der Waals surface area contributed by atoms with Gasteiger partial charge >= 0.3 is 0 Å². The molecule has 0 aromatic rings. The topological polar surface area (TPSA) is 0 Å². The van der Waals surface area contributed by atoms with E-state index in [-0.39, 0.29) is 49.3 Å². The quantitative estimate of drug-likeness (QED) is 0.321. The second-order valence-corrected chi connectivity index (χ2v) is 4.98. The Morgan fingerprint density at radius 1 is 1.27 bits per heavy atom. The number of rotatable bonds is 4. The first-order valence-corrected chi connectivity index (χ1v) is 6.02. The van der Waals surface area contributed by atoms with E-state index < -0.39 is 0 Å². The third kappa shape index (κ3) is 5.11. The molecule has 1 aliphatic rings. The van der Waals surface area contributed by atoms with Gasteiger partial charge in [-0.05, 0) is 18.8 Å². The first-order valence-electron chi connectivity index (χ1n) is 5.14. The van der Waals surface area contributed by atoms with Gasteiger partial charge < -0.3 is 6.92 Å². The van der Waals surface area contributed by atoms with Gasteiger partial charge in [0.15, 0.2) is 0 Å². The third-order valence-corrected chi connectivity index (χ3v) is 3.74. The number of halogens is 2. The molecule has 0 bridgehead atoms. The van der Waals surface area contributed by atoms with E-state index in [4.69, 9.17) is 31.0 Å². The van der Waals surface area contributed by atoms with Crippen LogP contribution in [-0.4, -0.2) is 18.6 Å². The summed E-state index contributed by atoms with van der Waals surface area (Å²) in [7, 11) is 5.97. The number of unbranched alkanes of at least 4 members (excludes halogenated alkanes) is 1. The van der Waals surface area contributed by atoms with E-state index in [0.29, 0.717) is 5.92 Å². The van der Waals surface area contributed by atoms with Crippen LogP contribution in [-0.2, 0) is 32.7 Å². The minimum absolute atomic E-state index is 0. The van der Waals surface area contributed by atoms with Gasteiger partial charge in [-0.3, -0.25) is 0 Å². The van der Waals surface area contributed by atoms with Crippen molar-refractivity contribution in [1.29, 1.82) is 0 Å². The maximum Gasteiger partial charge on any atom is 0.0724 e. The summed E-state index contributed by atoms with van der Waals surface area (Å²) in [5.74, 6) is 0.379. The van der Waals surface area contributed by atoms with Crippen molar-refractivity contribution in [1.82, 2.24) is 0 Å². The zero-order chi connectivity index (χ0) is 10.6. The van der Waals surface area contributed by atoms with Crippen LogP contribution in [0.4, 0.5) is 0 Å². The molecule has 4 heteroatoms. The Hall–Kier alpha value is 1.49. The summed E-state index contributed by atoms with van der Waals surface area (Å²) in [6, 6.07) is 0. The Bertz CT molecular complexity index is 199. The smallest absolute Gasteiger partial charge is 0.0724 e. The summed E-state index contributed by atoms with van der Waals surface area (Å²) in [5, 5.41) is 0.181. The van der Waals surface area contributed by atoms with Crippen LogP contribution in [0.3, 0.4) is 0 Å². The maximum absolute atomic E-state index is 6.17. The predicted octanol–water partition coefficient (Wildman–Crippen LogP) is 3.74. The van der Waals surface area contributed by atoms with Crippen LogP contribution in [0.15, 0.2) is 12.2 Å². The molecule has 0 aliphatic heterocycles. The molecule has 0 N–H and O–H groups in total. The minimum atomic E-state index is 0. The van der Waals surface area contributed by atoms with Crippen molar-refractivity contribution in [3.8, 4) is 0 Å². The molecule has 0 spiro atoms. The van der Waals surface area contributed by atoms with E-state index >= 15 is 0 Å². The average Bonchev–Trinajstić information content (AvgIpc) is 2.38. The van der Waals surface area contributed by atoms with Crippen LogP contribution in [0.1, 0.15) is 25.7 Å². The zero-order valence-corrected chi connectivity index (χ0v) is 13.3.